The van der Waals surface area contributed by atoms with Crippen molar-refractivity contribution in [2.75, 3.05) is 19.6 Å². The smallest absolute Gasteiger partial charge is 0.241 e. The van der Waals surface area contributed by atoms with E-state index in [0.29, 0.717) is 12.0 Å². The van der Waals surface area contributed by atoms with E-state index in [2.05, 4.69) is 5.32 Å². The Morgan fingerprint density at radius 2 is 1.46 bits per heavy atom. The largest absolute Gasteiger partial charge is 0.346 e. The number of nitrogens with one attached hydrogen (secondary N) is 1. The zero-order valence-electron chi connectivity index (χ0n) is 15.7. The third-order valence-electron chi connectivity index (χ3n) is 5.06. The van der Waals surface area contributed by atoms with Crippen LogP contribution in [0, 0.1) is 11.6 Å². The van der Waals surface area contributed by atoms with E-state index < -0.39 is 5.92 Å². The molecule has 1 N–H and O–H groups in total. The van der Waals surface area contributed by atoms with Crippen LogP contribution in [0.5, 0.6) is 0 Å². The van der Waals surface area contributed by atoms with E-state index in [0.717, 1.165) is 37.9 Å². The highest BCUT2D eigenvalue weighted by Crippen LogP contribution is 2.22. The molecule has 3 rings (SSSR count). The van der Waals surface area contributed by atoms with Gasteiger partial charge in [0, 0.05) is 13.1 Å². The molecule has 0 saturated carbocycles. The predicted molar refractivity (Wildman–Crippen MR) is 103 cm³/mol. The van der Waals surface area contributed by atoms with Crippen LogP contribution >= 0.6 is 0 Å². The molecule has 1 atom stereocenters. The van der Waals surface area contributed by atoms with E-state index in [1.165, 1.54) is 24.3 Å². The van der Waals surface area contributed by atoms with Crippen LogP contribution in [0.1, 0.15) is 36.3 Å². The van der Waals surface area contributed by atoms with Crippen molar-refractivity contribution in [1.29, 1.82) is 0 Å². The molecule has 148 valence electrons. The lowest BCUT2D eigenvalue weighted by Crippen LogP contribution is -2.43. The minimum atomic E-state index is -0.597. The maximum atomic E-state index is 13.3. The average Bonchev–Trinajstić information content (AvgIpc) is 2.73. The van der Waals surface area contributed by atoms with Gasteiger partial charge in [-0.05, 0) is 61.1 Å². The molecule has 2 amide bonds. The van der Waals surface area contributed by atoms with Gasteiger partial charge in [0.2, 0.25) is 11.8 Å². The molecule has 1 fully saturated rings. The summed E-state index contributed by atoms with van der Waals surface area (Å²) in [4.78, 5) is 26.9. The standard InChI is InChI=1S/C22H24F2N2O2/c23-18-8-4-16(5-9-18)14-20(17-6-10-19(24)11-7-17)22(28)25-15-21(27)26-12-2-1-3-13-26/h4-11,20H,1-3,12-15H2,(H,25,28). The maximum absolute atomic E-state index is 13.3. The van der Waals surface area contributed by atoms with Crippen LogP contribution in [0.3, 0.4) is 0 Å². The van der Waals surface area contributed by atoms with Crippen molar-refractivity contribution in [1.82, 2.24) is 10.2 Å². The third-order valence-corrected chi connectivity index (χ3v) is 5.06. The van der Waals surface area contributed by atoms with Crippen molar-refractivity contribution < 1.29 is 18.4 Å². The Hall–Kier alpha value is -2.76. The topological polar surface area (TPSA) is 49.4 Å². The van der Waals surface area contributed by atoms with Crippen LogP contribution in [0.2, 0.25) is 0 Å². The summed E-state index contributed by atoms with van der Waals surface area (Å²) in [5.74, 6) is -1.72. The molecule has 0 bridgehead atoms. The fourth-order valence-corrected chi connectivity index (χ4v) is 3.45. The normalized spacial score (nSPS) is 15.1. The zero-order chi connectivity index (χ0) is 19.9. The molecular formula is C22H24F2N2O2. The van der Waals surface area contributed by atoms with Crippen LogP contribution in [-0.4, -0.2) is 36.3 Å². The molecule has 4 nitrogen and oxygen atoms in total. The predicted octanol–water partition coefficient (Wildman–Crippen LogP) is 3.42. The number of hydrogen-bond acceptors (Lipinski definition) is 2. The lowest BCUT2D eigenvalue weighted by Gasteiger charge is -2.27. The Morgan fingerprint density at radius 1 is 0.893 bits per heavy atom. The van der Waals surface area contributed by atoms with Crippen LogP contribution in [0.25, 0.3) is 0 Å². The van der Waals surface area contributed by atoms with Gasteiger partial charge in [-0.1, -0.05) is 24.3 Å². The molecule has 0 aliphatic carbocycles. The van der Waals surface area contributed by atoms with Crippen molar-refractivity contribution in [2.45, 2.75) is 31.6 Å². The number of nitrogens with zero attached hydrogens (tertiary/aromatic N) is 1. The minimum absolute atomic E-state index is 0.0556. The molecule has 1 saturated heterocycles. The molecule has 1 unspecified atom stereocenters. The van der Waals surface area contributed by atoms with Gasteiger partial charge in [-0.3, -0.25) is 9.59 Å². The summed E-state index contributed by atoms with van der Waals surface area (Å²) in [5.41, 5.74) is 1.43. The van der Waals surface area contributed by atoms with Gasteiger partial charge < -0.3 is 10.2 Å². The summed E-state index contributed by atoms with van der Waals surface area (Å²) in [6.45, 7) is 1.40. The Balaban J connectivity index is 1.69. The number of hydrogen-bond donors (Lipinski definition) is 1. The first kappa shape index (κ1) is 20.0. The van der Waals surface area contributed by atoms with Gasteiger partial charge >= 0.3 is 0 Å². The first-order valence-electron chi connectivity index (χ1n) is 9.58. The quantitative estimate of drug-likeness (QED) is 0.827. The molecule has 1 aliphatic rings. The second kappa shape index (κ2) is 9.44. The molecule has 1 heterocycles. The van der Waals surface area contributed by atoms with E-state index in [9.17, 15) is 18.4 Å². The van der Waals surface area contributed by atoms with Gasteiger partial charge in [-0.25, -0.2) is 8.78 Å². The first-order valence-corrected chi connectivity index (χ1v) is 9.58. The summed E-state index contributed by atoms with van der Waals surface area (Å²) in [6.07, 6.45) is 3.43. The van der Waals surface area contributed by atoms with E-state index in [1.54, 1.807) is 29.2 Å². The SMILES string of the molecule is O=C(NCC(=O)N1CCCCC1)C(Cc1ccc(F)cc1)c1ccc(F)cc1. The van der Waals surface area contributed by atoms with Crippen LogP contribution < -0.4 is 5.32 Å². The van der Waals surface area contributed by atoms with Crippen molar-refractivity contribution in [3.8, 4) is 0 Å². The van der Waals surface area contributed by atoms with Gasteiger partial charge in [0.1, 0.15) is 11.6 Å². The fraction of sp³-hybridized carbons (Fsp3) is 0.364. The molecule has 1 aliphatic heterocycles. The fourth-order valence-electron chi connectivity index (χ4n) is 3.45. The number of carbonyl (C=O) groups excluding carboxylic acids is 2. The van der Waals surface area contributed by atoms with Crippen molar-refractivity contribution in [2.24, 2.45) is 0 Å². The third kappa shape index (κ3) is 5.38. The molecule has 2 aromatic rings. The monoisotopic (exact) mass is 386 g/mol. The summed E-state index contributed by atoms with van der Waals surface area (Å²) in [6, 6.07) is 11.7. The molecule has 2 aromatic carbocycles. The highest BCUT2D eigenvalue weighted by Gasteiger charge is 2.23. The Kier molecular flexibility index (Phi) is 6.74. The Labute approximate surface area is 163 Å². The maximum Gasteiger partial charge on any atom is 0.241 e. The lowest BCUT2D eigenvalue weighted by atomic mass is 9.91. The Bertz CT molecular complexity index is 800. The molecule has 0 radical (unpaired) electrons. The Morgan fingerprint density at radius 3 is 2.07 bits per heavy atom. The molecular weight excluding hydrogens is 362 g/mol. The molecule has 6 heteroatoms. The lowest BCUT2D eigenvalue weighted by molar-refractivity contribution is -0.133. The highest BCUT2D eigenvalue weighted by atomic mass is 19.1. The van der Waals surface area contributed by atoms with Crippen molar-refractivity contribution in [3.63, 3.8) is 0 Å². The minimum Gasteiger partial charge on any atom is -0.346 e. The zero-order valence-corrected chi connectivity index (χ0v) is 15.7. The van der Waals surface area contributed by atoms with E-state index in [-0.39, 0.29) is 30.0 Å². The number of carbonyl (C=O) groups is 2. The summed E-state index contributed by atoms with van der Waals surface area (Å²) >= 11 is 0. The van der Waals surface area contributed by atoms with Crippen molar-refractivity contribution in [3.05, 3.63) is 71.3 Å². The molecule has 28 heavy (non-hydrogen) atoms. The number of amides is 2. The van der Waals surface area contributed by atoms with Crippen LogP contribution in [0.4, 0.5) is 8.78 Å². The van der Waals surface area contributed by atoms with E-state index >= 15 is 0 Å². The van der Waals surface area contributed by atoms with E-state index in [4.69, 9.17) is 0 Å². The van der Waals surface area contributed by atoms with Gasteiger partial charge in [0.25, 0.3) is 0 Å². The first-order chi connectivity index (χ1) is 13.5. The summed E-state index contributed by atoms with van der Waals surface area (Å²) < 4.78 is 26.5. The number of likely N-dealkylation sites (tertiary alicyclic amines) is 1. The molecule has 0 spiro atoms. The van der Waals surface area contributed by atoms with Crippen LogP contribution in [0.15, 0.2) is 48.5 Å². The van der Waals surface area contributed by atoms with Gasteiger partial charge in [-0.2, -0.15) is 0 Å². The highest BCUT2D eigenvalue weighted by molar-refractivity contribution is 5.88. The number of halogens is 2. The van der Waals surface area contributed by atoms with E-state index in [1.807, 2.05) is 0 Å². The van der Waals surface area contributed by atoms with Gasteiger partial charge in [0.15, 0.2) is 0 Å². The summed E-state index contributed by atoms with van der Waals surface area (Å²) in [7, 11) is 0. The second-order valence-corrected chi connectivity index (χ2v) is 7.09. The van der Waals surface area contributed by atoms with Gasteiger partial charge in [-0.15, -0.1) is 0 Å². The summed E-state index contributed by atoms with van der Waals surface area (Å²) in [5, 5.41) is 2.73. The number of piperidine rings is 1. The van der Waals surface area contributed by atoms with Crippen LogP contribution in [-0.2, 0) is 16.0 Å². The second-order valence-electron chi connectivity index (χ2n) is 7.09. The number of benzene rings is 2. The number of rotatable bonds is 6. The molecule has 0 aromatic heterocycles. The van der Waals surface area contributed by atoms with Crippen molar-refractivity contribution >= 4 is 11.8 Å². The average molecular weight is 386 g/mol. The van der Waals surface area contributed by atoms with Gasteiger partial charge in [0.05, 0.1) is 12.5 Å².